The molecule has 7 heteroatoms. The van der Waals surface area contributed by atoms with Crippen molar-refractivity contribution in [1.29, 1.82) is 0 Å². The van der Waals surface area contributed by atoms with Crippen LogP contribution in [0.3, 0.4) is 0 Å². The van der Waals surface area contributed by atoms with Crippen LogP contribution in [0.4, 0.5) is 21.5 Å². The molecule has 0 aliphatic rings. The minimum absolute atomic E-state index is 0.0813. The van der Waals surface area contributed by atoms with E-state index in [1.54, 1.807) is 18.2 Å². The number of nitrogens with two attached hydrogens (primary N) is 1. The van der Waals surface area contributed by atoms with Gasteiger partial charge in [0.05, 0.1) is 10.6 Å². The zero-order valence-electron chi connectivity index (χ0n) is 10.5. The first-order chi connectivity index (χ1) is 9.58. The normalized spacial score (nSPS) is 10.1. The standard InChI is InChI=1S/C13H13FN4O2/c14-10-3-1-2-9(4-10)8-16-11-5-12(17-15)7-13(6-11)18(19)20/h1-7,16-17H,8,15H2. The molecule has 0 bridgehead atoms. The molecule has 4 N–H and O–H groups in total. The van der Waals surface area contributed by atoms with Crippen LogP contribution in [0.2, 0.25) is 0 Å². The molecule has 0 unspecified atom stereocenters. The Morgan fingerprint density at radius 3 is 2.60 bits per heavy atom. The SMILES string of the molecule is NNc1cc(NCc2cccc(F)c2)cc([N+](=O)[O-])c1. The van der Waals surface area contributed by atoms with Gasteiger partial charge in [-0.2, -0.15) is 0 Å². The fourth-order valence-corrected chi connectivity index (χ4v) is 1.75. The third-order valence-corrected chi connectivity index (χ3v) is 2.68. The van der Waals surface area contributed by atoms with Gasteiger partial charge in [0.25, 0.3) is 5.69 Å². The molecule has 20 heavy (non-hydrogen) atoms. The van der Waals surface area contributed by atoms with E-state index in [-0.39, 0.29) is 11.5 Å². The lowest BCUT2D eigenvalue weighted by Crippen LogP contribution is -2.08. The number of non-ortho nitro benzene ring substituents is 1. The lowest BCUT2D eigenvalue weighted by Gasteiger charge is -2.09. The summed E-state index contributed by atoms with van der Waals surface area (Å²) in [7, 11) is 0. The lowest BCUT2D eigenvalue weighted by molar-refractivity contribution is -0.384. The van der Waals surface area contributed by atoms with Gasteiger partial charge in [-0.05, 0) is 23.8 Å². The maximum absolute atomic E-state index is 13.0. The molecule has 0 aromatic heterocycles. The molecule has 0 saturated heterocycles. The van der Waals surface area contributed by atoms with Crippen molar-refractivity contribution >= 4 is 17.1 Å². The summed E-state index contributed by atoms with van der Waals surface area (Å²) in [5.74, 6) is 4.94. The van der Waals surface area contributed by atoms with Crippen LogP contribution in [0.1, 0.15) is 5.56 Å². The average Bonchev–Trinajstić information content (AvgIpc) is 2.45. The molecule has 0 aliphatic carbocycles. The van der Waals surface area contributed by atoms with Crippen molar-refractivity contribution in [1.82, 2.24) is 0 Å². The Balaban J connectivity index is 2.16. The van der Waals surface area contributed by atoms with E-state index < -0.39 is 4.92 Å². The highest BCUT2D eigenvalue weighted by Gasteiger charge is 2.09. The predicted molar refractivity (Wildman–Crippen MR) is 74.6 cm³/mol. The molecule has 6 nitrogen and oxygen atoms in total. The summed E-state index contributed by atoms with van der Waals surface area (Å²) in [4.78, 5) is 10.3. The van der Waals surface area contributed by atoms with Crippen molar-refractivity contribution in [3.8, 4) is 0 Å². The summed E-state index contributed by atoms with van der Waals surface area (Å²) in [6.45, 7) is 0.350. The van der Waals surface area contributed by atoms with E-state index in [2.05, 4.69) is 10.7 Å². The van der Waals surface area contributed by atoms with Gasteiger partial charge in [0, 0.05) is 24.4 Å². The number of nitrogens with zero attached hydrogens (tertiary/aromatic N) is 1. The molecule has 0 aliphatic heterocycles. The number of nitro groups is 1. The number of hydrogen-bond acceptors (Lipinski definition) is 5. The van der Waals surface area contributed by atoms with Gasteiger partial charge in [-0.1, -0.05) is 12.1 Å². The summed E-state index contributed by atoms with van der Waals surface area (Å²) in [6.07, 6.45) is 0. The van der Waals surface area contributed by atoms with E-state index in [1.807, 2.05) is 0 Å². The van der Waals surface area contributed by atoms with Gasteiger partial charge in [-0.25, -0.2) is 4.39 Å². The minimum Gasteiger partial charge on any atom is -0.381 e. The van der Waals surface area contributed by atoms with Gasteiger partial charge in [-0.15, -0.1) is 0 Å². The zero-order chi connectivity index (χ0) is 14.5. The lowest BCUT2D eigenvalue weighted by atomic mass is 10.2. The number of nitrogens with one attached hydrogen (secondary N) is 2. The monoisotopic (exact) mass is 276 g/mol. The van der Waals surface area contributed by atoms with E-state index in [1.165, 1.54) is 24.3 Å². The number of hydrazine groups is 1. The second-order valence-corrected chi connectivity index (χ2v) is 4.15. The van der Waals surface area contributed by atoms with E-state index in [9.17, 15) is 14.5 Å². The van der Waals surface area contributed by atoms with Crippen LogP contribution < -0.4 is 16.6 Å². The highest BCUT2D eigenvalue weighted by Crippen LogP contribution is 2.24. The smallest absolute Gasteiger partial charge is 0.273 e. The molecule has 0 heterocycles. The largest absolute Gasteiger partial charge is 0.381 e. The van der Waals surface area contributed by atoms with Gasteiger partial charge in [0.2, 0.25) is 0 Å². The third kappa shape index (κ3) is 3.42. The average molecular weight is 276 g/mol. The summed E-state index contributed by atoms with van der Waals surface area (Å²) < 4.78 is 13.0. The van der Waals surface area contributed by atoms with Gasteiger partial charge in [0.15, 0.2) is 0 Å². The minimum atomic E-state index is -0.506. The van der Waals surface area contributed by atoms with E-state index in [0.717, 1.165) is 5.56 Å². The van der Waals surface area contributed by atoms with Gasteiger partial charge in [0.1, 0.15) is 5.82 Å². The quantitative estimate of drug-likeness (QED) is 0.443. The maximum Gasteiger partial charge on any atom is 0.273 e. The first-order valence-corrected chi connectivity index (χ1v) is 5.83. The maximum atomic E-state index is 13.0. The Kier molecular flexibility index (Phi) is 4.11. The van der Waals surface area contributed by atoms with Gasteiger partial charge >= 0.3 is 0 Å². The summed E-state index contributed by atoms with van der Waals surface area (Å²) in [5.41, 5.74) is 3.96. The Hall–Kier alpha value is -2.67. The third-order valence-electron chi connectivity index (χ3n) is 2.68. The fraction of sp³-hybridized carbons (Fsp3) is 0.0769. The van der Waals surface area contributed by atoms with Crippen LogP contribution in [0.25, 0.3) is 0 Å². The number of nitrogen functional groups attached to an aromatic ring is 1. The van der Waals surface area contributed by atoms with Crippen molar-refractivity contribution in [2.45, 2.75) is 6.54 Å². The van der Waals surface area contributed by atoms with Crippen molar-refractivity contribution in [3.63, 3.8) is 0 Å². The molecular formula is C13H13FN4O2. The number of anilines is 2. The Bertz CT molecular complexity index is 634. The molecule has 0 atom stereocenters. The number of rotatable bonds is 5. The Morgan fingerprint density at radius 2 is 1.95 bits per heavy atom. The topological polar surface area (TPSA) is 93.2 Å². The van der Waals surface area contributed by atoms with Crippen LogP contribution >= 0.6 is 0 Å². The van der Waals surface area contributed by atoms with Crippen LogP contribution in [-0.2, 0) is 6.54 Å². The number of hydrogen-bond donors (Lipinski definition) is 3. The molecule has 0 radical (unpaired) electrons. The van der Waals surface area contributed by atoms with Crippen LogP contribution in [0.15, 0.2) is 42.5 Å². The molecule has 0 fully saturated rings. The number of benzene rings is 2. The zero-order valence-corrected chi connectivity index (χ0v) is 10.5. The molecule has 2 aromatic rings. The second kappa shape index (κ2) is 5.98. The molecule has 104 valence electrons. The van der Waals surface area contributed by atoms with Crippen LogP contribution in [0, 0.1) is 15.9 Å². The molecule has 0 amide bonds. The van der Waals surface area contributed by atoms with Crippen molar-refractivity contribution in [3.05, 3.63) is 64.0 Å². The summed E-state index contributed by atoms with van der Waals surface area (Å²) in [5, 5.41) is 13.8. The Labute approximate surface area is 114 Å². The van der Waals surface area contributed by atoms with Crippen molar-refractivity contribution < 1.29 is 9.31 Å². The highest BCUT2D eigenvalue weighted by atomic mass is 19.1. The molecule has 0 saturated carbocycles. The molecular weight excluding hydrogens is 263 g/mol. The van der Waals surface area contributed by atoms with E-state index >= 15 is 0 Å². The second-order valence-electron chi connectivity index (χ2n) is 4.15. The van der Waals surface area contributed by atoms with Gasteiger partial charge in [-0.3, -0.25) is 16.0 Å². The fourth-order valence-electron chi connectivity index (χ4n) is 1.75. The highest BCUT2D eigenvalue weighted by molar-refractivity contribution is 5.63. The van der Waals surface area contributed by atoms with Gasteiger partial charge < -0.3 is 10.7 Å². The van der Waals surface area contributed by atoms with Crippen molar-refractivity contribution in [2.75, 3.05) is 10.7 Å². The van der Waals surface area contributed by atoms with Crippen LogP contribution in [-0.4, -0.2) is 4.92 Å². The Morgan fingerprint density at radius 1 is 1.20 bits per heavy atom. The van der Waals surface area contributed by atoms with E-state index in [4.69, 9.17) is 5.84 Å². The first kappa shape index (κ1) is 13.8. The number of nitro benzene ring substituents is 1. The predicted octanol–water partition coefficient (Wildman–Crippen LogP) is 2.63. The van der Waals surface area contributed by atoms with Crippen LogP contribution in [0.5, 0.6) is 0 Å². The molecule has 2 aromatic carbocycles. The molecule has 2 rings (SSSR count). The van der Waals surface area contributed by atoms with Crippen molar-refractivity contribution in [2.24, 2.45) is 5.84 Å². The first-order valence-electron chi connectivity index (χ1n) is 5.83. The molecule has 0 spiro atoms. The summed E-state index contributed by atoms with van der Waals surface area (Å²) in [6, 6.07) is 10.5. The number of halogens is 1. The van der Waals surface area contributed by atoms with E-state index in [0.29, 0.717) is 17.9 Å². The summed E-state index contributed by atoms with van der Waals surface area (Å²) >= 11 is 0.